The molecule has 3 fully saturated rings. The molecule has 0 radical (unpaired) electrons. The molecule has 0 spiro atoms. The lowest BCUT2D eigenvalue weighted by Gasteiger charge is -2.15. The molecule has 2 aromatic rings. The van der Waals surface area contributed by atoms with Crippen LogP contribution in [-0.2, 0) is 22.7 Å². The van der Waals surface area contributed by atoms with Crippen LogP contribution in [0.3, 0.4) is 0 Å². The molecule has 4 aliphatic rings. The van der Waals surface area contributed by atoms with Crippen LogP contribution in [0, 0.1) is 11.8 Å². The number of fused-ring (bicyclic) bond motifs is 2. The Kier molecular flexibility index (Phi) is 4.33. The molecule has 1 aromatic heterocycles. The third-order valence-corrected chi connectivity index (χ3v) is 7.43. The summed E-state index contributed by atoms with van der Waals surface area (Å²) in [5.74, 6) is 1.71. The summed E-state index contributed by atoms with van der Waals surface area (Å²) in [6, 6.07) is 7.68. The topological polar surface area (TPSA) is 85.5 Å². The molecular weight excluding hydrogens is 412 g/mol. The van der Waals surface area contributed by atoms with E-state index in [9.17, 15) is 14.4 Å². The number of rotatable bonds is 5. The Morgan fingerprint density at radius 1 is 1.10 bits per heavy atom. The molecule has 3 aliphatic heterocycles. The Labute approximate surface area is 183 Å². The van der Waals surface area contributed by atoms with Crippen molar-refractivity contribution in [3.8, 4) is 0 Å². The van der Waals surface area contributed by atoms with Crippen molar-refractivity contribution >= 4 is 46.2 Å². The first-order valence-corrected chi connectivity index (χ1v) is 11.5. The van der Waals surface area contributed by atoms with Crippen molar-refractivity contribution in [1.29, 1.82) is 0 Å². The average molecular weight is 435 g/mol. The summed E-state index contributed by atoms with van der Waals surface area (Å²) in [6.07, 6.45) is 5.23. The summed E-state index contributed by atoms with van der Waals surface area (Å²) < 4.78 is 0. The van der Waals surface area contributed by atoms with Crippen LogP contribution < -0.4 is 5.32 Å². The smallest absolute Gasteiger partial charge is 0.289 e. The Morgan fingerprint density at radius 3 is 2.71 bits per heavy atom. The average Bonchev–Trinajstić information content (AvgIpc) is 3.10. The number of carbonyl (C=O) groups excluding carboxylic acids is 3. The van der Waals surface area contributed by atoms with Crippen LogP contribution >= 0.6 is 11.8 Å². The van der Waals surface area contributed by atoms with Crippen LogP contribution in [0.25, 0.3) is 11.6 Å². The van der Waals surface area contributed by atoms with Crippen LogP contribution in [0.2, 0.25) is 0 Å². The van der Waals surface area contributed by atoms with Gasteiger partial charge in [-0.25, -0.2) is 0 Å². The number of piperidine rings is 1. The van der Waals surface area contributed by atoms with Gasteiger partial charge in [-0.1, -0.05) is 17.8 Å². The number of hydrogen-bond donors (Lipinski definition) is 2. The second kappa shape index (κ2) is 7.10. The van der Waals surface area contributed by atoms with Crippen molar-refractivity contribution in [2.75, 3.05) is 24.2 Å². The number of anilines is 1. The van der Waals surface area contributed by atoms with E-state index in [0.29, 0.717) is 5.57 Å². The number of thioether (sulfide) groups is 1. The van der Waals surface area contributed by atoms with E-state index in [0.717, 1.165) is 58.2 Å². The van der Waals surface area contributed by atoms with Crippen molar-refractivity contribution in [2.45, 2.75) is 19.5 Å². The van der Waals surface area contributed by atoms with Gasteiger partial charge >= 0.3 is 0 Å². The number of nitrogens with one attached hydrogen (secondary N) is 2. The zero-order valence-corrected chi connectivity index (χ0v) is 17.7. The van der Waals surface area contributed by atoms with E-state index in [4.69, 9.17) is 0 Å². The van der Waals surface area contributed by atoms with Gasteiger partial charge < -0.3 is 10.3 Å². The summed E-state index contributed by atoms with van der Waals surface area (Å²) >= 11 is 1.03. The monoisotopic (exact) mass is 434 g/mol. The third-order valence-electron chi connectivity index (χ3n) is 6.57. The van der Waals surface area contributed by atoms with E-state index in [-0.39, 0.29) is 29.4 Å². The van der Waals surface area contributed by atoms with Crippen LogP contribution in [0.5, 0.6) is 0 Å². The molecule has 158 valence electrons. The van der Waals surface area contributed by atoms with Gasteiger partial charge in [0.2, 0.25) is 5.91 Å². The molecule has 2 N–H and O–H groups in total. The minimum absolute atomic E-state index is 0.140. The van der Waals surface area contributed by atoms with Crippen LogP contribution in [0.1, 0.15) is 28.8 Å². The molecule has 1 saturated carbocycles. The van der Waals surface area contributed by atoms with Gasteiger partial charge in [0.15, 0.2) is 0 Å². The molecule has 7 nitrogen and oxygen atoms in total. The van der Waals surface area contributed by atoms with Gasteiger partial charge in [-0.2, -0.15) is 0 Å². The highest BCUT2D eigenvalue weighted by Gasteiger charge is 2.44. The fraction of sp³-hybridized carbons (Fsp3) is 0.348. The molecule has 6 rings (SSSR count). The highest BCUT2D eigenvalue weighted by Crippen LogP contribution is 2.45. The Morgan fingerprint density at radius 2 is 1.94 bits per heavy atom. The number of aromatic amines is 1. The number of carbonyl (C=O) groups is 3. The third kappa shape index (κ3) is 3.49. The summed E-state index contributed by atoms with van der Waals surface area (Å²) in [7, 11) is 0. The molecule has 1 aliphatic carbocycles. The number of H-pyrrole nitrogens is 1. The molecular formula is C23H22N4O3S. The van der Waals surface area contributed by atoms with Crippen molar-refractivity contribution in [3.63, 3.8) is 0 Å². The molecule has 1 aromatic carbocycles. The highest BCUT2D eigenvalue weighted by molar-refractivity contribution is 8.14. The zero-order valence-electron chi connectivity index (χ0n) is 16.9. The molecule has 3 amide bonds. The standard InChI is InChI=1S/C23H22N4O3S/c28-21-12-31-23(30)27(21)8-13-1-2-20-18(4-13)19(22(29)25-20)5-14-3-17(24-7-14)11-26-9-15-6-16(15)10-26/h1-5,7,15-16,24H,6,8-12H2,(H,25,29)/t15-,16?/m1/s1. The molecule has 1 unspecified atom stereocenters. The molecule has 31 heavy (non-hydrogen) atoms. The maximum atomic E-state index is 12.6. The van der Waals surface area contributed by atoms with E-state index in [1.807, 2.05) is 30.5 Å². The second-order valence-electron chi connectivity index (χ2n) is 8.83. The summed E-state index contributed by atoms with van der Waals surface area (Å²) in [6.45, 7) is 3.53. The van der Waals surface area contributed by atoms with E-state index >= 15 is 0 Å². The highest BCUT2D eigenvalue weighted by atomic mass is 32.2. The minimum Gasteiger partial charge on any atom is -0.363 e. The number of aromatic nitrogens is 1. The Balaban J connectivity index is 1.22. The molecule has 0 bridgehead atoms. The zero-order chi connectivity index (χ0) is 21.1. The van der Waals surface area contributed by atoms with Gasteiger partial charge in [0.05, 0.1) is 12.3 Å². The minimum atomic E-state index is -0.217. The lowest BCUT2D eigenvalue weighted by molar-refractivity contribution is -0.125. The molecule has 2 atom stereocenters. The predicted molar refractivity (Wildman–Crippen MR) is 119 cm³/mol. The number of hydrogen-bond acceptors (Lipinski definition) is 5. The normalized spacial score (nSPS) is 26.0. The lowest BCUT2D eigenvalue weighted by Crippen LogP contribution is -2.27. The number of nitrogens with zero attached hydrogens (tertiary/aromatic N) is 2. The summed E-state index contributed by atoms with van der Waals surface area (Å²) in [5.41, 5.74) is 5.09. The maximum absolute atomic E-state index is 12.6. The van der Waals surface area contributed by atoms with Crippen LogP contribution in [0.15, 0.2) is 30.5 Å². The van der Waals surface area contributed by atoms with Crippen molar-refractivity contribution < 1.29 is 14.4 Å². The van der Waals surface area contributed by atoms with E-state index in [1.165, 1.54) is 24.4 Å². The number of benzene rings is 1. The predicted octanol–water partition coefficient (Wildman–Crippen LogP) is 3.15. The van der Waals surface area contributed by atoms with Gasteiger partial charge in [0, 0.05) is 48.3 Å². The van der Waals surface area contributed by atoms with Crippen molar-refractivity contribution in [2.24, 2.45) is 11.8 Å². The van der Waals surface area contributed by atoms with Gasteiger partial charge in [0.1, 0.15) is 0 Å². The first kappa shape index (κ1) is 18.9. The van der Waals surface area contributed by atoms with Gasteiger partial charge in [-0.05, 0) is 53.7 Å². The fourth-order valence-electron chi connectivity index (χ4n) is 4.86. The summed E-state index contributed by atoms with van der Waals surface area (Å²) in [4.78, 5) is 43.5. The van der Waals surface area contributed by atoms with Gasteiger partial charge in [-0.15, -0.1) is 0 Å². The molecule has 2 saturated heterocycles. The van der Waals surface area contributed by atoms with Crippen molar-refractivity contribution in [1.82, 2.24) is 14.8 Å². The Hall–Kier alpha value is -2.84. The lowest BCUT2D eigenvalue weighted by atomic mass is 10.0. The van der Waals surface area contributed by atoms with Crippen LogP contribution in [0.4, 0.5) is 10.5 Å². The molecule has 4 heterocycles. The Bertz CT molecular complexity index is 1130. The first-order valence-electron chi connectivity index (χ1n) is 10.6. The fourth-order valence-corrected chi connectivity index (χ4v) is 5.59. The summed E-state index contributed by atoms with van der Waals surface area (Å²) in [5, 5.41) is 2.69. The molecule has 8 heteroatoms. The van der Waals surface area contributed by atoms with Gasteiger partial charge in [0.25, 0.3) is 11.1 Å². The van der Waals surface area contributed by atoms with Gasteiger partial charge in [-0.3, -0.25) is 24.2 Å². The number of likely N-dealkylation sites (tertiary alicyclic amines) is 1. The maximum Gasteiger partial charge on any atom is 0.289 e. The largest absolute Gasteiger partial charge is 0.363 e. The number of imide groups is 1. The quantitative estimate of drug-likeness (QED) is 0.706. The number of amides is 3. The second-order valence-corrected chi connectivity index (χ2v) is 9.76. The van der Waals surface area contributed by atoms with E-state index in [1.54, 1.807) is 0 Å². The van der Waals surface area contributed by atoms with E-state index < -0.39 is 0 Å². The first-order chi connectivity index (χ1) is 15.0. The van der Waals surface area contributed by atoms with Crippen LogP contribution in [-0.4, -0.2) is 50.7 Å². The van der Waals surface area contributed by atoms with Crippen molar-refractivity contribution in [3.05, 3.63) is 52.8 Å². The SMILES string of the molecule is O=C1Nc2ccc(CN3C(=O)CSC3=O)cc2C1=Cc1c[nH]c(CN2CC3C[C@@H]3C2)c1. The van der Waals surface area contributed by atoms with E-state index in [2.05, 4.69) is 21.3 Å².